The van der Waals surface area contributed by atoms with Gasteiger partial charge in [-0.1, -0.05) is 18.2 Å². The molecule has 1 heterocycles. The molecule has 148 valence electrons. The van der Waals surface area contributed by atoms with Crippen molar-refractivity contribution in [3.05, 3.63) is 65.7 Å². The Bertz CT molecular complexity index is 1030. The van der Waals surface area contributed by atoms with E-state index in [1.165, 1.54) is 19.1 Å². The molecule has 28 heavy (non-hydrogen) atoms. The summed E-state index contributed by atoms with van der Waals surface area (Å²) in [7, 11) is -4.09. The van der Waals surface area contributed by atoms with Crippen LogP contribution < -0.4 is 9.50 Å². The number of urea groups is 1. The lowest BCUT2D eigenvalue weighted by Crippen LogP contribution is -2.42. The van der Waals surface area contributed by atoms with Crippen LogP contribution in [0.3, 0.4) is 0 Å². The number of hydrogen-bond acceptors (Lipinski definition) is 5. The summed E-state index contributed by atoms with van der Waals surface area (Å²) in [5, 5.41) is 2.30. The van der Waals surface area contributed by atoms with Gasteiger partial charge in [0, 0.05) is 12.1 Å². The summed E-state index contributed by atoms with van der Waals surface area (Å²) >= 11 is 0. The molecule has 10 heteroatoms. The quantitative estimate of drug-likeness (QED) is 0.582. The number of nitrogens with zero attached hydrogens (tertiary/aromatic N) is 1. The molecule has 0 spiro atoms. The lowest BCUT2D eigenvalue weighted by Gasteiger charge is -2.22. The zero-order valence-corrected chi connectivity index (χ0v) is 15.5. The minimum Gasteiger partial charge on any atom is -0.382 e. The molecule has 3 rings (SSSR count). The highest BCUT2D eigenvalue weighted by Crippen LogP contribution is 2.31. The second-order valence-electron chi connectivity index (χ2n) is 6.29. The number of halogens is 2. The van der Waals surface area contributed by atoms with Gasteiger partial charge in [-0.3, -0.25) is 9.69 Å². The summed E-state index contributed by atoms with van der Waals surface area (Å²) in [5.74, 6) is -3.12. The maximum Gasteiger partial charge on any atom is 0.325 e. The van der Waals surface area contributed by atoms with E-state index in [2.05, 4.69) is 5.32 Å². The van der Waals surface area contributed by atoms with Gasteiger partial charge in [0.1, 0.15) is 28.7 Å². The summed E-state index contributed by atoms with van der Waals surface area (Å²) in [6, 6.07) is 9.36. The number of imide groups is 1. The van der Waals surface area contributed by atoms with E-state index in [1.54, 1.807) is 18.2 Å². The number of carbonyl (C=O) groups is 2. The van der Waals surface area contributed by atoms with Gasteiger partial charge in [0.25, 0.3) is 5.91 Å². The van der Waals surface area contributed by atoms with Gasteiger partial charge in [-0.25, -0.2) is 13.6 Å². The third-order valence-electron chi connectivity index (χ3n) is 4.27. The molecule has 1 fully saturated rings. The highest BCUT2D eigenvalue weighted by molar-refractivity contribution is 7.87. The summed E-state index contributed by atoms with van der Waals surface area (Å²) in [5.41, 5.74) is -2.20. The summed E-state index contributed by atoms with van der Waals surface area (Å²) in [6.45, 7) is 0.715. The molecular formula is C18H16F2N2O5S. The van der Waals surface area contributed by atoms with Crippen molar-refractivity contribution in [1.29, 1.82) is 0 Å². The second-order valence-corrected chi connectivity index (χ2v) is 7.98. The molecule has 0 radical (unpaired) electrons. The predicted octanol–water partition coefficient (Wildman–Crippen LogP) is 2.14. The molecule has 0 unspecified atom stereocenters. The van der Waals surface area contributed by atoms with Gasteiger partial charge in [-0.05, 0) is 37.3 Å². The zero-order chi connectivity index (χ0) is 20.5. The monoisotopic (exact) mass is 410 g/mol. The Hall–Kier alpha value is -3.01. The van der Waals surface area contributed by atoms with Gasteiger partial charge >= 0.3 is 16.1 Å². The van der Waals surface area contributed by atoms with Crippen LogP contribution in [0.1, 0.15) is 12.5 Å². The van der Waals surface area contributed by atoms with Crippen molar-refractivity contribution in [3.63, 3.8) is 0 Å². The third kappa shape index (κ3) is 3.81. The first-order valence-corrected chi connectivity index (χ1v) is 9.77. The highest BCUT2D eigenvalue weighted by Gasteiger charge is 2.50. The predicted molar refractivity (Wildman–Crippen MR) is 94.8 cm³/mol. The van der Waals surface area contributed by atoms with Crippen LogP contribution in [0.25, 0.3) is 0 Å². The fourth-order valence-electron chi connectivity index (χ4n) is 2.83. The van der Waals surface area contributed by atoms with Gasteiger partial charge in [0.2, 0.25) is 0 Å². The first kappa shape index (κ1) is 19.7. The van der Waals surface area contributed by atoms with Crippen molar-refractivity contribution < 1.29 is 31.0 Å². The molecule has 0 saturated carbocycles. The minimum absolute atomic E-state index is 0.0892. The number of carbonyl (C=O) groups excluding carboxylic acids is 2. The van der Waals surface area contributed by atoms with Crippen molar-refractivity contribution in [2.24, 2.45) is 0 Å². The normalized spacial score (nSPS) is 19.6. The van der Waals surface area contributed by atoms with E-state index in [0.717, 1.165) is 18.2 Å². The van der Waals surface area contributed by atoms with Crippen LogP contribution in [0.2, 0.25) is 0 Å². The van der Waals surface area contributed by atoms with Crippen LogP contribution >= 0.6 is 0 Å². The number of hydrogen-bond donors (Lipinski definition) is 1. The molecule has 1 aliphatic rings. The molecule has 2 aromatic carbocycles. The number of amides is 3. The molecule has 0 aliphatic carbocycles. The summed E-state index contributed by atoms with van der Waals surface area (Å²) in [4.78, 5) is 25.5. The molecule has 1 atom stereocenters. The number of nitrogens with one attached hydrogen (secondary N) is 1. The number of benzene rings is 2. The summed E-state index contributed by atoms with van der Waals surface area (Å²) < 4.78 is 56.7. The fraction of sp³-hybridized carbons (Fsp3) is 0.222. The molecule has 1 N–H and O–H groups in total. The topological polar surface area (TPSA) is 92.8 Å². The molecule has 2 aromatic rings. The molecule has 0 aromatic heterocycles. The fourth-order valence-corrected chi connectivity index (χ4v) is 3.72. The lowest BCUT2D eigenvalue weighted by molar-refractivity contribution is -0.131. The van der Waals surface area contributed by atoms with Crippen molar-refractivity contribution in [3.8, 4) is 5.75 Å². The molecule has 1 saturated heterocycles. The summed E-state index contributed by atoms with van der Waals surface area (Å²) in [6.07, 6.45) is 0. The van der Waals surface area contributed by atoms with Gasteiger partial charge in [-0.2, -0.15) is 8.42 Å². The smallest absolute Gasteiger partial charge is 0.325 e. The van der Waals surface area contributed by atoms with Gasteiger partial charge in [0.15, 0.2) is 0 Å². The Morgan fingerprint density at radius 2 is 1.79 bits per heavy atom. The van der Waals surface area contributed by atoms with Gasteiger partial charge in [0.05, 0.1) is 0 Å². The molecular weight excluding hydrogens is 394 g/mol. The van der Waals surface area contributed by atoms with Crippen LogP contribution in [-0.2, 0) is 20.5 Å². The third-order valence-corrected chi connectivity index (χ3v) is 5.40. The van der Waals surface area contributed by atoms with Crippen LogP contribution in [-0.4, -0.2) is 37.6 Å². The minimum atomic E-state index is -4.09. The van der Waals surface area contributed by atoms with Crippen LogP contribution in [0.15, 0.2) is 48.5 Å². The Labute approximate surface area is 160 Å². The van der Waals surface area contributed by atoms with Crippen molar-refractivity contribution in [2.45, 2.75) is 12.5 Å². The van der Waals surface area contributed by atoms with Gasteiger partial charge in [-0.15, -0.1) is 0 Å². The van der Waals surface area contributed by atoms with Crippen molar-refractivity contribution in [1.82, 2.24) is 10.2 Å². The largest absolute Gasteiger partial charge is 0.382 e. The van der Waals surface area contributed by atoms with Gasteiger partial charge < -0.3 is 9.50 Å². The Morgan fingerprint density at radius 1 is 1.11 bits per heavy atom. The Kier molecular flexibility index (Phi) is 5.07. The molecule has 0 bridgehead atoms. The maximum atomic E-state index is 14.1. The van der Waals surface area contributed by atoms with Crippen LogP contribution in [0.5, 0.6) is 5.75 Å². The zero-order valence-electron chi connectivity index (χ0n) is 14.7. The van der Waals surface area contributed by atoms with E-state index >= 15 is 0 Å². The van der Waals surface area contributed by atoms with E-state index in [9.17, 15) is 26.8 Å². The Morgan fingerprint density at radius 3 is 2.46 bits per heavy atom. The van der Waals surface area contributed by atoms with Crippen LogP contribution in [0.4, 0.5) is 13.6 Å². The molecule has 7 nitrogen and oxygen atoms in total. The SMILES string of the molecule is C[C@@]1(c2cc(F)ccc2F)NC(=O)N(CCS(=O)(=O)Oc2ccccc2)C1=O. The highest BCUT2D eigenvalue weighted by atomic mass is 32.2. The number of para-hydroxylation sites is 1. The first-order valence-electron chi connectivity index (χ1n) is 8.19. The van der Waals surface area contributed by atoms with Crippen molar-refractivity contribution >= 4 is 22.1 Å². The molecule has 3 amide bonds. The Balaban J connectivity index is 1.76. The lowest BCUT2D eigenvalue weighted by atomic mass is 9.91. The average molecular weight is 410 g/mol. The van der Waals surface area contributed by atoms with E-state index in [0.29, 0.717) is 4.90 Å². The number of rotatable bonds is 6. The standard InChI is InChI=1S/C18H16F2N2O5S/c1-18(14-11-12(19)7-8-15(14)20)16(23)22(17(24)21-18)9-10-28(25,26)27-13-5-3-2-4-6-13/h2-8,11H,9-10H2,1H3,(H,21,24)/t18-/m0/s1. The average Bonchev–Trinajstić information content (AvgIpc) is 2.85. The maximum absolute atomic E-state index is 14.1. The van der Waals surface area contributed by atoms with Crippen LogP contribution in [0, 0.1) is 11.6 Å². The second kappa shape index (κ2) is 7.19. The molecule has 1 aliphatic heterocycles. The van der Waals surface area contributed by atoms with E-state index in [1.807, 2.05) is 0 Å². The van der Waals surface area contributed by atoms with Crippen molar-refractivity contribution in [2.75, 3.05) is 12.3 Å². The van der Waals surface area contributed by atoms with E-state index < -0.39 is 51.5 Å². The first-order chi connectivity index (χ1) is 13.1. The van der Waals surface area contributed by atoms with E-state index in [-0.39, 0.29) is 11.3 Å². The van der Waals surface area contributed by atoms with E-state index in [4.69, 9.17) is 4.18 Å².